The summed E-state index contributed by atoms with van der Waals surface area (Å²) in [4.78, 5) is 56.2. The second-order valence-electron chi connectivity index (χ2n) is 5.31. The highest BCUT2D eigenvalue weighted by atomic mass is 35.5. The smallest absolute Gasteiger partial charge is 0.295 e. The highest BCUT2D eigenvalue weighted by molar-refractivity contribution is 6.36. The second kappa shape index (κ2) is 6.46. The normalized spacial score (nSPS) is 12.3. The Morgan fingerprint density at radius 1 is 1.07 bits per heavy atom. The lowest BCUT2D eigenvalue weighted by Gasteiger charge is -2.09. The maximum Gasteiger partial charge on any atom is 0.295 e. The van der Waals surface area contributed by atoms with E-state index in [2.05, 4.69) is 10.6 Å². The van der Waals surface area contributed by atoms with E-state index in [0.29, 0.717) is 6.07 Å². The van der Waals surface area contributed by atoms with E-state index in [9.17, 15) is 34.6 Å². The van der Waals surface area contributed by atoms with Crippen LogP contribution in [-0.2, 0) is 0 Å². The summed E-state index contributed by atoms with van der Waals surface area (Å²) in [5, 5.41) is 25.8. The van der Waals surface area contributed by atoms with Crippen LogP contribution in [0.4, 0.5) is 17.1 Å². The summed E-state index contributed by atoms with van der Waals surface area (Å²) in [6.45, 7) is 0. The largest absolute Gasteiger partial charge is 0.321 e. The Morgan fingerprint density at radius 2 is 1.78 bits per heavy atom. The van der Waals surface area contributed by atoms with Gasteiger partial charge in [0.15, 0.2) is 0 Å². The Labute approximate surface area is 154 Å². The molecule has 0 aliphatic carbocycles. The van der Waals surface area contributed by atoms with Crippen molar-refractivity contribution in [3.8, 4) is 0 Å². The number of halogens is 1. The fourth-order valence-electron chi connectivity index (χ4n) is 2.51. The molecule has 11 nitrogen and oxygen atoms in total. The van der Waals surface area contributed by atoms with Crippen molar-refractivity contribution in [2.24, 2.45) is 0 Å². The lowest BCUT2D eigenvalue weighted by Crippen LogP contribution is -2.21. The van der Waals surface area contributed by atoms with Gasteiger partial charge in [0, 0.05) is 6.07 Å². The fraction of sp³-hybridized carbons (Fsp3) is 0. The highest BCUT2D eigenvalue weighted by Gasteiger charge is 2.31. The predicted octanol–water partition coefficient (Wildman–Crippen LogP) is 2.29. The van der Waals surface area contributed by atoms with Gasteiger partial charge in [-0.1, -0.05) is 17.7 Å². The second-order valence-corrected chi connectivity index (χ2v) is 5.68. The molecule has 0 aromatic heterocycles. The number of nitrogens with zero attached hydrogens (tertiary/aromatic N) is 2. The van der Waals surface area contributed by atoms with Crippen molar-refractivity contribution in [3.63, 3.8) is 0 Å². The number of fused-ring (bicyclic) bond motifs is 1. The molecule has 3 rings (SSSR count). The van der Waals surface area contributed by atoms with E-state index in [1.54, 1.807) is 0 Å². The van der Waals surface area contributed by atoms with E-state index < -0.39 is 49.5 Å². The summed E-state index contributed by atoms with van der Waals surface area (Å²) in [6.07, 6.45) is 0. The first-order chi connectivity index (χ1) is 12.7. The zero-order valence-electron chi connectivity index (χ0n) is 13.0. The van der Waals surface area contributed by atoms with Crippen LogP contribution in [0.1, 0.15) is 31.1 Å². The number of nitro groups is 2. The number of nitrogens with one attached hydrogen (secondary N) is 2. The number of carbonyl (C=O) groups excluding carboxylic acids is 3. The van der Waals surface area contributed by atoms with Gasteiger partial charge in [-0.25, -0.2) is 0 Å². The molecule has 136 valence electrons. The Morgan fingerprint density at radius 3 is 2.41 bits per heavy atom. The van der Waals surface area contributed by atoms with Crippen LogP contribution in [0.2, 0.25) is 5.02 Å². The van der Waals surface area contributed by atoms with Crippen molar-refractivity contribution >= 4 is 46.4 Å². The minimum absolute atomic E-state index is 0.0360. The van der Waals surface area contributed by atoms with Crippen molar-refractivity contribution in [2.75, 3.05) is 5.32 Å². The molecule has 0 saturated heterocycles. The van der Waals surface area contributed by atoms with Crippen molar-refractivity contribution in [1.82, 2.24) is 5.32 Å². The van der Waals surface area contributed by atoms with Gasteiger partial charge in [0.1, 0.15) is 5.02 Å². The van der Waals surface area contributed by atoms with Crippen LogP contribution in [0.3, 0.4) is 0 Å². The molecule has 0 bridgehead atoms. The monoisotopic (exact) mass is 390 g/mol. The summed E-state index contributed by atoms with van der Waals surface area (Å²) < 4.78 is 0. The first-order valence-corrected chi connectivity index (χ1v) is 7.51. The molecule has 2 aromatic carbocycles. The third-order valence-electron chi connectivity index (χ3n) is 3.70. The van der Waals surface area contributed by atoms with Crippen molar-refractivity contribution in [2.45, 2.75) is 0 Å². The van der Waals surface area contributed by atoms with E-state index in [1.807, 2.05) is 0 Å². The van der Waals surface area contributed by atoms with Crippen molar-refractivity contribution in [1.29, 1.82) is 0 Å². The quantitative estimate of drug-likeness (QED) is 0.459. The molecule has 0 spiro atoms. The Bertz CT molecular complexity index is 1070. The van der Waals surface area contributed by atoms with E-state index in [0.717, 1.165) is 6.07 Å². The summed E-state index contributed by atoms with van der Waals surface area (Å²) in [5.41, 5.74) is -2.16. The lowest BCUT2D eigenvalue weighted by atomic mass is 10.1. The van der Waals surface area contributed by atoms with Gasteiger partial charge >= 0.3 is 0 Å². The Hall–Kier alpha value is -3.86. The highest BCUT2D eigenvalue weighted by Crippen LogP contribution is 2.34. The van der Waals surface area contributed by atoms with Crippen LogP contribution in [0.15, 0.2) is 30.3 Å². The molecule has 0 saturated carbocycles. The third kappa shape index (κ3) is 3.06. The molecular formula is C15H7ClN4O7. The number of imide groups is 1. The minimum Gasteiger partial charge on any atom is -0.321 e. The predicted molar refractivity (Wildman–Crippen MR) is 91.0 cm³/mol. The number of hydrogen-bond acceptors (Lipinski definition) is 7. The number of rotatable bonds is 4. The molecule has 2 aromatic rings. The number of benzene rings is 2. The zero-order valence-corrected chi connectivity index (χ0v) is 13.8. The van der Waals surface area contributed by atoms with Gasteiger partial charge in [0.25, 0.3) is 29.1 Å². The summed E-state index contributed by atoms with van der Waals surface area (Å²) in [7, 11) is 0. The van der Waals surface area contributed by atoms with Gasteiger partial charge in [0.05, 0.1) is 38.3 Å². The summed E-state index contributed by atoms with van der Waals surface area (Å²) in [5.74, 6) is -2.40. The first kappa shape index (κ1) is 17.9. The molecule has 1 heterocycles. The van der Waals surface area contributed by atoms with Gasteiger partial charge in [-0.05, 0) is 12.1 Å². The zero-order chi connectivity index (χ0) is 19.9. The van der Waals surface area contributed by atoms with Gasteiger partial charge in [-0.2, -0.15) is 0 Å². The maximum absolute atomic E-state index is 12.5. The maximum atomic E-state index is 12.5. The molecule has 27 heavy (non-hydrogen) atoms. The Kier molecular flexibility index (Phi) is 4.29. The molecular weight excluding hydrogens is 384 g/mol. The number of anilines is 1. The molecule has 1 aliphatic heterocycles. The topological polar surface area (TPSA) is 162 Å². The molecule has 3 amide bonds. The SMILES string of the molecule is O=C(Nc1cccc2c1C(=O)NC2=O)c1cc([N+](=O)[O-])cc([N+](=O)[O-])c1Cl. The molecule has 2 N–H and O–H groups in total. The standard InChI is InChI=1S/C15H7ClN4O7/c16-12-8(4-6(19(24)25)5-10(12)20(26)27)14(22)17-9-3-1-2-7-11(9)15(23)18-13(7)21/h1-5H,(H,17,22)(H,18,21,23). The van der Waals surface area contributed by atoms with Gasteiger partial charge in [-0.15, -0.1) is 0 Å². The van der Waals surface area contributed by atoms with E-state index in [-0.39, 0.29) is 16.8 Å². The van der Waals surface area contributed by atoms with Gasteiger partial charge < -0.3 is 5.32 Å². The van der Waals surface area contributed by atoms with Crippen LogP contribution in [0.25, 0.3) is 0 Å². The number of carbonyl (C=O) groups is 3. The van der Waals surface area contributed by atoms with E-state index in [1.165, 1.54) is 18.2 Å². The average Bonchev–Trinajstić information content (AvgIpc) is 2.89. The van der Waals surface area contributed by atoms with Crippen molar-refractivity contribution in [3.05, 3.63) is 72.3 Å². The fourth-order valence-corrected chi connectivity index (χ4v) is 2.77. The van der Waals surface area contributed by atoms with Crippen LogP contribution in [0, 0.1) is 20.2 Å². The molecule has 0 unspecified atom stereocenters. The Balaban J connectivity index is 2.06. The van der Waals surface area contributed by atoms with Gasteiger partial charge in [0.2, 0.25) is 0 Å². The van der Waals surface area contributed by atoms with Crippen LogP contribution in [0.5, 0.6) is 0 Å². The van der Waals surface area contributed by atoms with Crippen LogP contribution < -0.4 is 10.6 Å². The van der Waals surface area contributed by atoms with Crippen LogP contribution >= 0.6 is 11.6 Å². The molecule has 0 radical (unpaired) electrons. The molecule has 12 heteroatoms. The average molecular weight is 391 g/mol. The van der Waals surface area contributed by atoms with Crippen LogP contribution in [-0.4, -0.2) is 27.6 Å². The minimum atomic E-state index is -1.02. The first-order valence-electron chi connectivity index (χ1n) is 7.13. The van der Waals surface area contributed by atoms with Crippen molar-refractivity contribution < 1.29 is 24.2 Å². The summed E-state index contributed by atoms with van der Waals surface area (Å²) >= 11 is 5.85. The number of hydrogen-bond donors (Lipinski definition) is 2. The number of amides is 3. The third-order valence-corrected chi connectivity index (χ3v) is 4.10. The van der Waals surface area contributed by atoms with Gasteiger partial charge in [-0.3, -0.25) is 39.9 Å². The van der Waals surface area contributed by atoms with E-state index >= 15 is 0 Å². The molecule has 0 fully saturated rings. The number of non-ortho nitro benzene ring substituents is 1. The summed E-state index contributed by atoms with van der Waals surface area (Å²) in [6, 6.07) is 5.51. The molecule has 1 aliphatic rings. The lowest BCUT2D eigenvalue weighted by molar-refractivity contribution is -0.394. The number of nitro benzene ring substituents is 2. The molecule has 0 atom stereocenters. The van der Waals surface area contributed by atoms with E-state index in [4.69, 9.17) is 11.6 Å².